The number of aromatic nitrogens is 1. The fraction of sp³-hybridized carbons (Fsp3) is 0.400. The van der Waals surface area contributed by atoms with Crippen molar-refractivity contribution in [1.29, 1.82) is 0 Å². The summed E-state index contributed by atoms with van der Waals surface area (Å²) < 4.78 is 4.91. The predicted octanol–water partition coefficient (Wildman–Crippen LogP) is 0.211. The molecular weight excluding hydrogens is 208 g/mol. The van der Waals surface area contributed by atoms with E-state index < -0.39 is 5.91 Å². The zero-order valence-corrected chi connectivity index (χ0v) is 9.19. The molecule has 1 heterocycles. The molecule has 0 aliphatic carbocycles. The quantitative estimate of drug-likeness (QED) is 0.599. The fourth-order valence-electron chi connectivity index (χ4n) is 1.17. The predicted molar refractivity (Wildman–Crippen MR) is 62.2 cm³/mol. The van der Waals surface area contributed by atoms with Crippen LogP contribution in [-0.2, 0) is 4.74 Å². The van der Waals surface area contributed by atoms with Crippen LogP contribution < -0.4 is 16.8 Å². The Morgan fingerprint density at radius 3 is 2.94 bits per heavy atom. The number of carbonyl (C=O) groups excluding carboxylic acids is 1. The van der Waals surface area contributed by atoms with Crippen molar-refractivity contribution in [2.45, 2.75) is 6.42 Å². The van der Waals surface area contributed by atoms with Gasteiger partial charge in [0, 0.05) is 20.3 Å². The summed E-state index contributed by atoms with van der Waals surface area (Å²) in [6.07, 6.45) is 0.832. The molecule has 0 atom stereocenters. The van der Waals surface area contributed by atoms with Crippen molar-refractivity contribution in [3.63, 3.8) is 0 Å². The maximum absolute atomic E-state index is 10.9. The van der Waals surface area contributed by atoms with E-state index >= 15 is 0 Å². The number of pyridine rings is 1. The molecule has 0 fully saturated rings. The van der Waals surface area contributed by atoms with Gasteiger partial charge in [-0.1, -0.05) is 0 Å². The van der Waals surface area contributed by atoms with Crippen LogP contribution in [0.3, 0.4) is 0 Å². The summed E-state index contributed by atoms with van der Waals surface area (Å²) in [5.41, 5.74) is 11.5. The van der Waals surface area contributed by atoms with Crippen LogP contribution in [0.2, 0.25) is 0 Å². The zero-order chi connectivity index (χ0) is 12.0. The summed E-state index contributed by atoms with van der Waals surface area (Å²) in [6.45, 7) is 1.33. The standard InChI is InChI=1S/C10H16N4O2/c1-16-6-2-5-13-10-7(11)3-4-8(14-10)9(12)15/h3-4H,2,5-6,11H2,1H3,(H2,12,15)(H,13,14). The number of carbonyl (C=O) groups is 1. The number of hydrogen-bond acceptors (Lipinski definition) is 5. The average Bonchev–Trinajstić information content (AvgIpc) is 2.26. The highest BCUT2D eigenvalue weighted by atomic mass is 16.5. The van der Waals surface area contributed by atoms with Crippen molar-refractivity contribution in [3.8, 4) is 0 Å². The molecule has 0 aromatic carbocycles. The highest BCUT2D eigenvalue weighted by Crippen LogP contribution is 2.15. The van der Waals surface area contributed by atoms with E-state index in [1.54, 1.807) is 13.2 Å². The lowest BCUT2D eigenvalue weighted by Gasteiger charge is -2.08. The van der Waals surface area contributed by atoms with E-state index in [0.29, 0.717) is 24.7 Å². The van der Waals surface area contributed by atoms with Crippen LogP contribution in [0.5, 0.6) is 0 Å². The molecule has 16 heavy (non-hydrogen) atoms. The van der Waals surface area contributed by atoms with Gasteiger partial charge in [-0.15, -0.1) is 0 Å². The van der Waals surface area contributed by atoms with Gasteiger partial charge in [0.15, 0.2) is 0 Å². The molecule has 5 N–H and O–H groups in total. The van der Waals surface area contributed by atoms with Gasteiger partial charge in [0.25, 0.3) is 5.91 Å². The Hall–Kier alpha value is -1.82. The Kier molecular flexibility index (Phi) is 4.53. The minimum absolute atomic E-state index is 0.198. The van der Waals surface area contributed by atoms with Gasteiger partial charge in [-0.3, -0.25) is 4.79 Å². The fourth-order valence-corrected chi connectivity index (χ4v) is 1.17. The number of methoxy groups -OCH3 is 1. The van der Waals surface area contributed by atoms with Crippen molar-refractivity contribution in [1.82, 2.24) is 4.98 Å². The number of nitrogen functional groups attached to an aromatic ring is 1. The maximum atomic E-state index is 10.9. The topological polar surface area (TPSA) is 103 Å². The normalized spacial score (nSPS) is 10.1. The molecule has 0 aliphatic heterocycles. The Balaban J connectivity index is 2.63. The molecule has 6 nitrogen and oxygen atoms in total. The second-order valence-corrected chi connectivity index (χ2v) is 3.27. The van der Waals surface area contributed by atoms with E-state index in [1.165, 1.54) is 6.07 Å². The number of primary amides is 1. The molecule has 0 spiro atoms. The van der Waals surface area contributed by atoms with Crippen LogP contribution in [0.1, 0.15) is 16.9 Å². The Morgan fingerprint density at radius 1 is 1.56 bits per heavy atom. The van der Waals surface area contributed by atoms with E-state index in [2.05, 4.69) is 10.3 Å². The molecule has 0 saturated carbocycles. The molecule has 1 aromatic rings. The van der Waals surface area contributed by atoms with Crippen LogP contribution in [0.4, 0.5) is 11.5 Å². The van der Waals surface area contributed by atoms with Crippen LogP contribution in [0.15, 0.2) is 12.1 Å². The molecule has 1 rings (SSSR count). The Labute approximate surface area is 94.0 Å². The average molecular weight is 224 g/mol. The van der Waals surface area contributed by atoms with Crippen LogP contribution in [-0.4, -0.2) is 31.2 Å². The van der Waals surface area contributed by atoms with Gasteiger partial charge >= 0.3 is 0 Å². The first-order valence-electron chi connectivity index (χ1n) is 4.94. The van der Waals surface area contributed by atoms with Crippen molar-refractivity contribution in [3.05, 3.63) is 17.8 Å². The molecule has 0 bridgehead atoms. The number of ether oxygens (including phenoxy) is 1. The third-order valence-corrected chi connectivity index (χ3v) is 2.00. The molecule has 0 saturated heterocycles. The van der Waals surface area contributed by atoms with Gasteiger partial charge in [0.05, 0.1) is 5.69 Å². The SMILES string of the molecule is COCCCNc1nc(C(N)=O)ccc1N. The first-order chi connectivity index (χ1) is 7.65. The van der Waals surface area contributed by atoms with E-state index in [9.17, 15) is 4.79 Å². The molecule has 1 amide bonds. The number of nitrogens with two attached hydrogens (primary N) is 2. The minimum atomic E-state index is -0.569. The van der Waals surface area contributed by atoms with Gasteiger partial charge in [0.2, 0.25) is 0 Å². The third kappa shape index (κ3) is 3.39. The summed E-state index contributed by atoms with van der Waals surface area (Å²) in [5.74, 6) is -0.0904. The summed E-state index contributed by atoms with van der Waals surface area (Å²) in [5, 5.41) is 3.02. The summed E-state index contributed by atoms with van der Waals surface area (Å²) in [6, 6.07) is 3.10. The van der Waals surface area contributed by atoms with E-state index in [1.807, 2.05) is 0 Å². The lowest BCUT2D eigenvalue weighted by Crippen LogP contribution is -2.15. The molecule has 0 aliphatic rings. The third-order valence-electron chi connectivity index (χ3n) is 2.00. The largest absolute Gasteiger partial charge is 0.396 e. The second kappa shape index (κ2) is 5.92. The summed E-state index contributed by atoms with van der Waals surface area (Å²) in [4.78, 5) is 14.9. The maximum Gasteiger partial charge on any atom is 0.267 e. The highest BCUT2D eigenvalue weighted by Gasteiger charge is 2.06. The van der Waals surface area contributed by atoms with Gasteiger partial charge < -0.3 is 21.5 Å². The van der Waals surface area contributed by atoms with Gasteiger partial charge in [-0.05, 0) is 18.6 Å². The van der Waals surface area contributed by atoms with Crippen molar-refractivity contribution < 1.29 is 9.53 Å². The van der Waals surface area contributed by atoms with Crippen LogP contribution >= 0.6 is 0 Å². The van der Waals surface area contributed by atoms with Crippen LogP contribution in [0, 0.1) is 0 Å². The van der Waals surface area contributed by atoms with Crippen LogP contribution in [0.25, 0.3) is 0 Å². The molecule has 88 valence electrons. The number of hydrogen-bond donors (Lipinski definition) is 3. The van der Waals surface area contributed by atoms with Gasteiger partial charge in [-0.25, -0.2) is 4.98 Å². The number of nitrogens with zero attached hydrogens (tertiary/aromatic N) is 1. The highest BCUT2D eigenvalue weighted by molar-refractivity contribution is 5.91. The lowest BCUT2D eigenvalue weighted by atomic mass is 10.3. The number of anilines is 2. The number of nitrogens with one attached hydrogen (secondary N) is 1. The summed E-state index contributed by atoms with van der Waals surface area (Å²) in [7, 11) is 1.64. The number of amides is 1. The van der Waals surface area contributed by atoms with Gasteiger partial charge in [-0.2, -0.15) is 0 Å². The summed E-state index contributed by atoms with van der Waals surface area (Å²) >= 11 is 0. The minimum Gasteiger partial charge on any atom is -0.396 e. The number of rotatable bonds is 6. The lowest BCUT2D eigenvalue weighted by molar-refractivity contribution is 0.0995. The van der Waals surface area contributed by atoms with E-state index in [4.69, 9.17) is 16.2 Å². The molecule has 6 heteroatoms. The first kappa shape index (κ1) is 12.3. The van der Waals surface area contributed by atoms with E-state index in [-0.39, 0.29) is 5.69 Å². The first-order valence-corrected chi connectivity index (χ1v) is 4.94. The Bertz CT molecular complexity index is 368. The van der Waals surface area contributed by atoms with Crippen molar-refractivity contribution >= 4 is 17.4 Å². The molecule has 0 unspecified atom stereocenters. The van der Waals surface area contributed by atoms with Gasteiger partial charge in [0.1, 0.15) is 11.5 Å². The van der Waals surface area contributed by atoms with Crippen molar-refractivity contribution in [2.75, 3.05) is 31.3 Å². The van der Waals surface area contributed by atoms with Crippen molar-refractivity contribution in [2.24, 2.45) is 5.73 Å². The second-order valence-electron chi connectivity index (χ2n) is 3.27. The molecule has 1 aromatic heterocycles. The molecule has 0 radical (unpaired) electrons. The monoisotopic (exact) mass is 224 g/mol. The zero-order valence-electron chi connectivity index (χ0n) is 9.19. The Morgan fingerprint density at radius 2 is 2.31 bits per heavy atom. The molecular formula is C10H16N4O2. The smallest absolute Gasteiger partial charge is 0.267 e. The van der Waals surface area contributed by atoms with E-state index in [0.717, 1.165) is 6.42 Å².